The number of nitrogens with one attached hydrogen (secondary N) is 2. The highest BCUT2D eigenvalue weighted by Crippen LogP contribution is 2.29. The fourth-order valence-corrected chi connectivity index (χ4v) is 2.43. The third kappa shape index (κ3) is 7.11. The van der Waals surface area contributed by atoms with Gasteiger partial charge in [-0.3, -0.25) is 4.99 Å². The predicted molar refractivity (Wildman–Crippen MR) is 84.3 cm³/mol. The van der Waals surface area contributed by atoms with Gasteiger partial charge in [-0.25, -0.2) is 4.98 Å². The summed E-state index contributed by atoms with van der Waals surface area (Å²) in [6.07, 6.45) is -2.93. The Bertz CT molecular complexity index is 469. The van der Waals surface area contributed by atoms with Crippen LogP contribution in [0.3, 0.4) is 0 Å². The maximum atomic E-state index is 12.5. The smallest absolute Gasteiger partial charge is 0.357 e. The molecule has 0 aliphatic carbocycles. The molecule has 0 bridgehead atoms. The van der Waals surface area contributed by atoms with Crippen molar-refractivity contribution in [3.05, 3.63) is 16.1 Å². The summed E-state index contributed by atoms with van der Waals surface area (Å²) in [7, 11) is 0. The van der Waals surface area contributed by atoms with E-state index in [9.17, 15) is 13.2 Å². The molecular formula is C14H23F3N4S. The zero-order valence-corrected chi connectivity index (χ0v) is 13.9. The van der Waals surface area contributed by atoms with Crippen molar-refractivity contribution in [1.29, 1.82) is 0 Å². The molecule has 0 spiro atoms. The molecule has 0 aliphatic rings. The first kappa shape index (κ1) is 18.7. The van der Waals surface area contributed by atoms with Gasteiger partial charge in [0.25, 0.3) is 0 Å². The van der Waals surface area contributed by atoms with Gasteiger partial charge in [0, 0.05) is 31.4 Å². The van der Waals surface area contributed by atoms with Crippen LogP contribution in [0.25, 0.3) is 0 Å². The van der Waals surface area contributed by atoms with Crippen LogP contribution in [-0.2, 0) is 12.6 Å². The second-order valence-corrected chi connectivity index (χ2v) is 6.19. The molecular weight excluding hydrogens is 313 g/mol. The summed E-state index contributed by atoms with van der Waals surface area (Å²) in [5, 5.41) is 7.75. The van der Waals surface area contributed by atoms with E-state index in [0.29, 0.717) is 29.9 Å². The third-order valence-corrected chi connectivity index (χ3v) is 3.70. The second kappa shape index (κ2) is 8.97. The summed E-state index contributed by atoms with van der Waals surface area (Å²) in [6.45, 7) is 8.20. The second-order valence-electron chi connectivity index (χ2n) is 5.24. The Labute approximate surface area is 133 Å². The van der Waals surface area contributed by atoms with Gasteiger partial charge in [-0.2, -0.15) is 13.2 Å². The first-order chi connectivity index (χ1) is 10.3. The minimum atomic E-state index is -4.37. The van der Waals surface area contributed by atoms with Crippen LogP contribution in [0.2, 0.25) is 0 Å². The molecule has 1 aromatic heterocycles. The number of guanidine groups is 1. The van der Waals surface area contributed by atoms with Crippen molar-refractivity contribution in [3.8, 4) is 0 Å². The fraction of sp³-hybridized carbons (Fsp3) is 0.714. The van der Waals surface area contributed by atoms with E-state index in [-0.39, 0.29) is 0 Å². The molecule has 4 nitrogen and oxygen atoms in total. The lowest BCUT2D eigenvalue weighted by molar-refractivity contribution is -0.140. The number of aliphatic imine (C=N–C) groups is 1. The third-order valence-electron chi connectivity index (χ3n) is 2.79. The molecule has 0 aromatic carbocycles. The summed E-state index contributed by atoms with van der Waals surface area (Å²) in [4.78, 5) is 8.03. The van der Waals surface area contributed by atoms with Crippen molar-refractivity contribution < 1.29 is 13.2 Å². The van der Waals surface area contributed by atoms with E-state index in [1.165, 1.54) is 0 Å². The number of alkyl halides is 3. The summed E-state index contributed by atoms with van der Waals surface area (Å²) in [6, 6.07) is 0. The molecule has 1 heterocycles. The molecule has 8 heteroatoms. The highest BCUT2D eigenvalue weighted by atomic mass is 32.1. The van der Waals surface area contributed by atoms with Crippen molar-refractivity contribution in [2.45, 2.75) is 39.8 Å². The topological polar surface area (TPSA) is 49.3 Å². The van der Waals surface area contributed by atoms with E-state index in [1.807, 2.05) is 6.92 Å². The molecule has 0 saturated heterocycles. The maximum Gasteiger partial charge on any atom is 0.434 e. The number of hydrogen-bond acceptors (Lipinski definition) is 3. The Balaban J connectivity index is 2.43. The minimum absolute atomic E-state index is 0.440. The van der Waals surface area contributed by atoms with Crippen LogP contribution >= 0.6 is 11.3 Å². The van der Waals surface area contributed by atoms with E-state index in [1.54, 1.807) is 0 Å². The van der Waals surface area contributed by atoms with Gasteiger partial charge in [0.2, 0.25) is 0 Å². The Kier molecular flexibility index (Phi) is 7.64. The van der Waals surface area contributed by atoms with E-state index in [4.69, 9.17) is 0 Å². The Morgan fingerprint density at radius 1 is 1.36 bits per heavy atom. The van der Waals surface area contributed by atoms with Crippen LogP contribution in [0.15, 0.2) is 10.4 Å². The van der Waals surface area contributed by atoms with Crippen molar-refractivity contribution >= 4 is 17.3 Å². The Morgan fingerprint density at radius 2 is 2.09 bits per heavy atom. The standard InChI is InChI=1S/C14H23F3N4S/c1-4-18-13(19-7-5-10(2)3)20-8-6-12-21-11(9-22-12)14(15,16)17/h9-10H,4-8H2,1-3H3,(H2,18,19,20). The van der Waals surface area contributed by atoms with Gasteiger partial charge < -0.3 is 10.6 Å². The van der Waals surface area contributed by atoms with Crippen LogP contribution in [-0.4, -0.2) is 30.6 Å². The molecule has 0 saturated carbocycles. The number of hydrogen-bond donors (Lipinski definition) is 2. The summed E-state index contributed by atoms with van der Waals surface area (Å²) in [5.41, 5.74) is -0.815. The Hall–Kier alpha value is -1.31. The van der Waals surface area contributed by atoms with Crippen LogP contribution < -0.4 is 10.6 Å². The van der Waals surface area contributed by atoms with Crippen LogP contribution in [0.4, 0.5) is 13.2 Å². The average Bonchev–Trinajstić information content (AvgIpc) is 2.87. The van der Waals surface area contributed by atoms with Crippen molar-refractivity contribution in [2.24, 2.45) is 10.9 Å². The molecule has 0 radical (unpaired) electrons. The van der Waals surface area contributed by atoms with E-state index >= 15 is 0 Å². The highest BCUT2D eigenvalue weighted by molar-refractivity contribution is 7.09. The molecule has 2 N–H and O–H groups in total. The normalized spacial score (nSPS) is 12.8. The van der Waals surface area contributed by atoms with Gasteiger partial charge in [0.05, 0.1) is 5.01 Å². The van der Waals surface area contributed by atoms with Crippen LogP contribution in [0.5, 0.6) is 0 Å². The fourth-order valence-electron chi connectivity index (χ4n) is 1.62. The first-order valence-electron chi connectivity index (χ1n) is 7.36. The number of halogens is 3. The summed E-state index contributed by atoms with van der Waals surface area (Å²) < 4.78 is 37.4. The zero-order valence-electron chi connectivity index (χ0n) is 13.1. The molecule has 0 atom stereocenters. The molecule has 126 valence electrons. The lowest BCUT2D eigenvalue weighted by Crippen LogP contribution is -2.38. The largest absolute Gasteiger partial charge is 0.434 e. The zero-order chi connectivity index (χ0) is 16.6. The predicted octanol–water partition coefficient (Wildman–Crippen LogP) is 3.31. The molecule has 22 heavy (non-hydrogen) atoms. The molecule has 0 fully saturated rings. The van der Waals surface area contributed by atoms with Crippen molar-refractivity contribution in [1.82, 2.24) is 15.6 Å². The first-order valence-corrected chi connectivity index (χ1v) is 8.24. The lowest BCUT2D eigenvalue weighted by Gasteiger charge is -2.11. The van der Waals surface area contributed by atoms with Crippen molar-refractivity contribution in [2.75, 3.05) is 19.6 Å². The Morgan fingerprint density at radius 3 is 2.64 bits per heavy atom. The molecule has 1 aromatic rings. The van der Waals surface area contributed by atoms with Gasteiger partial charge in [-0.1, -0.05) is 13.8 Å². The van der Waals surface area contributed by atoms with Gasteiger partial charge in [-0.15, -0.1) is 11.3 Å². The van der Waals surface area contributed by atoms with E-state index in [0.717, 1.165) is 36.2 Å². The number of aromatic nitrogens is 1. The monoisotopic (exact) mass is 336 g/mol. The maximum absolute atomic E-state index is 12.5. The highest BCUT2D eigenvalue weighted by Gasteiger charge is 2.33. The summed E-state index contributed by atoms with van der Waals surface area (Å²) >= 11 is 1.03. The molecule has 0 unspecified atom stereocenters. The number of rotatable bonds is 7. The van der Waals surface area contributed by atoms with Crippen LogP contribution in [0.1, 0.15) is 37.9 Å². The minimum Gasteiger partial charge on any atom is -0.357 e. The van der Waals surface area contributed by atoms with E-state index in [2.05, 4.69) is 34.5 Å². The molecule has 0 aliphatic heterocycles. The van der Waals surface area contributed by atoms with Crippen LogP contribution in [0, 0.1) is 5.92 Å². The number of thiazole rings is 1. The lowest BCUT2D eigenvalue weighted by atomic mass is 10.1. The van der Waals surface area contributed by atoms with Crippen molar-refractivity contribution in [3.63, 3.8) is 0 Å². The molecule has 1 rings (SSSR count). The van der Waals surface area contributed by atoms with Gasteiger partial charge >= 0.3 is 6.18 Å². The quantitative estimate of drug-likeness (QED) is 0.593. The van der Waals surface area contributed by atoms with Gasteiger partial charge in [0.15, 0.2) is 11.7 Å². The average molecular weight is 336 g/mol. The SMILES string of the molecule is CCNC(=NCCC(C)C)NCCc1nc(C(F)(F)F)cs1. The summed E-state index contributed by atoms with van der Waals surface area (Å²) in [5.74, 6) is 1.28. The van der Waals surface area contributed by atoms with Gasteiger partial charge in [0.1, 0.15) is 0 Å². The van der Waals surface area contributed by atoms with Gasteiger partial charge in [-0.05, 0) is 19.3 Å². The van der Waals surface area contributed by atoms with E-state index < -0.39 is 11.9 Å². The number of nitrogens with zero attached hydrogens (tertiary/aromatic N) is 2. The molecule has 0 amide bonds.